The molecule has 7 nitrogen and oxygen atoms in total. The summed E-state index contributed by atoms with van der Waals surface area (Å²) in [6, 6.07) is 9.86. The molecular formula is C20H20ClN5O2S2. The maximum atomic E-state index is 12.5. The fourth-order valence-electron chi connectivity index (χ4n) is 3.44. The molecule has 1 aliphatic carbocycles. The number of nitrogens with zero attached hydrogens (tertiary/aromatic N) is 4. The predicted molar refractivity (Wildman–Crippen MR) is 120 cm³/mol. The largest absolute Gasteiger partial charge is 0.420 e. The maximum absolute atomic E-state index is 12.5. The Kier molecular flexibility index (Phi) is 4.72. The first-order valence-electron chi connectivity index (χ1n) is 9.55. The predicted octanol–water partition coefficient (Wildman–Crippen LogP) is 4.13. The van der Waals surface area contributed by atoms with Crippen molar-refractivity contribution in [3.8, 4) is 21.9 Å². The molecule has 3 aromatic rings. The number of aliphatic imine (C=N–C) groups is 1. The molecule has 2 aliphatic rings. The summed E-state index contributed by atoms with van der Waals surface area (Å²) in [4.78, 5) is 6.43. The van der Waals surface area contributed by atoms with Crippen molar-refractivity contribution in [1.82, 2.24) is 14.5 Å². The number of hydrogen-bond donors (Lipinski definition) is 1. The molecule has 0 radical (unpaired) electrons. The van der Waals surface area contributed by atoms with Crippen LogP contribution in [0, 0.1) is 0 Å². The van der Waals surface area contributed by atoms with Crippen molar-refractivity contribution in [2.75, 3.05) is 12.8 Å². The lowest BCUT2D eigenvalue weighted by Crippen LogP contribution is -2.47. The van der Waals surface area contributed by atoms with Gasteiger partial charge in [-0.15, -0.1) is 21.5 Å². The van der Waals surface area contributed by atoms with Gasteiger partial charge in [-0.2, -0.15) is 0 Å². The minimum absolute atomic E-state index is 0.248. The van der Waals surface area contributed by atoms with E-state index in [1.54, 1.807) is 7.05 Å². The van der Waals surface area contributed by atoms with Crippen LogP contribution in [0.3, 0.4) is 0 Å². The second-order valence-corrected chi connectivity index (χ2v) is 10.7. The minimum atomic E-state index is -1.26. The second-order valence-electron chi connectivity index (χ2n) is 7.80. The summed E-state index contributed by atoms with van der Waals surface area (Å²) in [7, 11) is 0.419. The van der Waals surface area contributed by atoms with Crippen molar-refractivity contribution in [3.05, 3.63) is 46.1 Å². The van der Waals surface area contributed by atoms with Gasteiger partial charge in [-0.1, -0.05) is 23.7 Å². The molecule has 2 atom stereocenters. The van der Waals surface area contributed by atoms with E-state index in [0.717, 1.165) is 39.6 Å². The zero-order chi connectivity index (χ0) is 21.0. The lowest BCUT2D eigenvalue weighted by molar-refractivity contribution is 0.508. The van der Waals surface area contributed by atoms with Crippen LogP contribution in [-0.2, 0) is 16.5 Å². The summed E-state index contributed by atoms with van der Waals surface area (Å²) in [6.45, 7) is 1.92. The summed E-state index contributed by atoms with van der Waals surface area (Å²) in [5, 5.41) is 8.97. The summed E-state index contributed by atoms with van der Waals surface area (Å²) >= 11 is 8.13. The highest BCUT2D eigenvalue weighted by Crippen LogP contribution is 2.44. The molecule has 1 fully saturated rings. The highest BCUT2D eigenvalue weighted by atomic mass is 35.5. The van der Waals surface area contributed by atoms with Gasteiger partial charge in [-0.25, -0.2) is 9.20 Å². The topological polar surface area (TPSA) is 97.6 Å². The Morgan fingerprint density at radius 3 is 2.80 bits per heavy atom. The van der Waals surface area contributed by atoms with E-state index in [0.29, 0.717) is 22.6 Å². The molecule has 30 heavy (non-hydrogen) atoms. The Morgan fingerprint density at radius 1 is 1.30 bits per heavy atom. The Hall–Kier alpha value is -2.23. The molecule has 10 heteroatoms. The van der Waals surface area contributed by atoms with Crippen LogP contribution < -0.4 is 5.73 Å². The van der Waals surface area contributed by atoms with E-state index < -0.39 is 16.5 Å². The number of guanidine groups is 1. The molecule has 2 aromatic heterocycles. The molecule has 1 saturated carbocycles. The Balaban J connectivity index is 1.49. The Bertz CT molecular complexity index is 1190. The first-order valence-corrected chi connectivity index (χ1v) is 12.0. The van der Waals surface area contributed by atoms with Gasteiger partial charge in [0.05, 0.1) is 15.7 Å². The van der Waals surface area contributed by atoms with Crippen molar-refractivity contribution < 1.29 is 8.63 Å². The molecule has 0 spiro atoms. The number of nitrogens with two attached hydrogens (primary N) is 1. The van der Waals surface area contributed by atoms with Crippen LogP contribution in [0.1, 0.15) is 36.5 Å². The van der Waals surface area contributed by atoms with E-state index in [-0.39, 0.29) is 5.96 Å². The molecule has 3 heterocycles. The van der Waals surface area contributed by atoms with E-state index in [1.807, 2.05) is 37.3 Å². The average molecular weight is 462 g/mol. The first-order chi connectivity index (χ1) is 14.3. The van der Waals surface area contributed by atoms with E-state index >= 15 is 0 Å². The molecule has 5 rings (SSSR count). The standard InChI is InChI=1S/C20H20ClN5O2S2/c1-20(10-30(27)26(2)19(22)23-20)16-14(21)9-15(29-16)12-4-3-5-13(8-12)18-25-24-17(28-18)11-6-7-11/h3-5,8-9,11H,6-7,10H2,1-2H3,(H2,22,23)/t20-,30?/m0/s1. The van der Waals surface area contributed by atoms with E-state index in [4.69, 9.17) is 21.8 Å². The van der Waals surface area contributed by atoms with Gasteiger partial charge < -0.3 is 10.2 Å². The zero-order valence-electron chi connectivity index (χ0n) is 16.5. The van der Waals surface area contributed by atoms with Gasteiger partial charge in [0.25, 0.3) is 0 Å². The van der Waals surface area contributed by atoms with Crippen molar-refractivity contribution in [1.29, 1.82) is 0 Å². The van der Waals surface area contributed by atoms with Crippen LogP contribution in [-0.4, -0.2) is 37.5 Å². The number of halogens is 1. The van der Waals surface area contributed by atoms with Gasteiger partial charge in [0.15, 0.2) is 0 Å². The van der Waals surface area contributed by atoms with Gasteiger partial charge in [-0.3, -0.25) is 4.31 Å². The summed E-state index contributed by atoms with van der Waals surface area (Å²) < 4.78 is 19.8. The van der Waals surface area contributed by atoms with E-state index in [9.17, 15) is 4.21 Å². The summed E-state index contributed by atoms with van der Waals surface area (Å²) in [6.07, 6.45) is 2.23. The molecule has 0 bridgehead atoms. The third-order valence-electron chi connectivity index (χ3n) is 5.33. The van der Waals surface area contributed by atoms with Crippen LogP contribution in [0.15, 0.2) is 39.7 Å². The highest BCUT2D eigenvalue weighted by Gasteiger charge is 2.38. The van der Waals surface area contributed by atoms with Gasteiger partial charge in [0.1, 0.15) is 16.5 Å². The van der Waals surface area contributed by atoms with E-state index in [2.05, 4.69) is 15.2 Å². The Morgan fingerprint density at radius 2 is 2.07 bits per heavy atom. The number of thiophene rings is 1. The minimum Gasteiger partial charge on any atom is -0.420 e. The molecule has 0 saturated heterocycles. The second kappa shape index (κ2) is 7.18. The maximum Gasteiger partial charge on any atom is 0.247 e. The lowest BCUT2D eigenvalue weighted by Gasteiger charge is -2.33. The fourth-order valence-corrected chi connectivity index (χ4v) is 6.30. The normalized spacial score (nSPS) is 24.2. The van der Waals surface area contributed by atoms with Crippen molar-refractivity contribution in [2.45, 2.75) is 31.2 Å². The van der Waals surface area contributed by atoms with Crippen molar-refractivity contribution in [2.24, 2.45) is 10.7 Å². The smallest absolute Gasteiger partial charge is 0.247 e. The van der Waals surface area contributed by atoms with Gasteiger partial charge in [-0.05, 0) is 43.5 Å². The number of benzene rings is 1. The van der Waals surface area contributed by atoms with Gasteiger partial charge in [0, 0.05) is 23.4 Å². The average Bonchev–Trinajstić information content (AvgIpc) is 3.30. The molecule has 2 N–H and O–H groups in total. The lowest BCUT2D eigenvalue weighted by atomic mass is 10.0. The van der Waals surface area contributed by atoms with E-state index in [1.165, 1.54) is 15.6 Å². The fraction of sp³-hybridized carbons (Fsp3) is 0.350. The van der Waals surface area contributed by atoms with Crippen molar-refractivity contribution in [3.63, 3.8) is 0 Å². The van der Waals surface area contributed by atoms with Crippen LogP contribution in [0.4, 0.5) is 0 Å². The molecule has 1 aliphatic heterocycles. The van der Waals surface area contributed by atoms with Crippen LogP contribution in [0.5, 0.6) is 0 Å². The highest BCUT2D eigenvalue weighted by molar-refractivity contribution is 7.83. The molecule has 156 valence electrons. The number of rotatable bonds is 4. The SMILES string of the molecule is CN1C(N)=N[C@](C)(c2sc(-c3cccc(-c4nnc(C5CC5)o4)c3)cc2Cl)CS1=O. The van der Waals surface area contributed by atoms with Crippen LogP contribution in [0.2, 0.25) is 5.02 Å². The number of aromatic nitrogens is 2. The van der Waals surface area contributed by atoms with Gasteiger partial charge in [0.2, 0.25) is 17.7 Å². The van der Waals surface area contributed by atoms with Crippen LogP contribution >= 0.6 is 22.9 Å². The first kappa shape index (κ1) is 19.7. The summed E-state index contributed by atoms with van der Waals surface area (Å²) in [5.41, 5.74) is 7.11. The van der Waals surface area contributed by atoms with Gasteiger partial charge >= 0.3 is 0 Å². The summed E-state index contributed by atoms with van der Waals surface area (Å²) in [5.74, 6) is 2.24. The third kappa shape index (κ3) is 3.44. The monoisotopic (exact) mass is 461 g/mol. The Labute approximate surface area is 185 Å². The third-order valence-corrected chi connectivity index (χ3v) is 8.79. The molecule has 1 unspecified atom stereocenters. The zero-order valence-corrected chi connectivity index (χ0v) is 18.9. The van der Waals surface area contributed by atoms with Crippen LogP contribution in [0.25, 0.3) is 21.9 Å². The molecular weight excluding hydrogens is 442 g/mol. The quantitative estimate of drug-likeness (QED) is 0.629. The van der Waals surface area contributed by atoms with Crippen molar-refractivity contribution >= 4 is 39.9 Å². The number of hydrogen-bond acceptors (Lipinski definition) is 7. The molecule has 0 amide bonds. The molecule has 1 aromatic carbocycles.